The number of esters is 2. The molecule has 1 aromatic rings. The van der Waals surface area contributed by atoms with Crippen molar-refractivity contribution in [3.05, 3.63) is 35.9 Å². The summed E-state index contributed by atoms with van der Waals surface area (Å²) < 4.78 is 97.0. The molecule has 10 fully saturated rings. The molecule has 666 valence electrons. The second-order valence-corrected chi connectivity index (χ2v) is 37.7. The summed E-state index contributed by atoms with van der Waals surface area (Å²) in [5.41, 5.74) is -6.67. The lowest BCUT2D eigenvalue weighted by atomic mass is 9.76. The van der Waals surface area contributed by atoms with E-state index in [1.165, 1.54) is 27.4 Å². The molecule has 10 aliphatic rings. The Morgan fingerprint density at radius 1 is 0.534 bits per heavy atom. The smallest absolute Gasteiger partial charge is 0.410 e. The normalized spacial score (nSPS) is 46.1. The van der Waals surface area contributed by atoms with E-state index in [4.69, 9.17) is 71.1 Å². The van der Waals surface area contributed by atoms with E-state index in [0.29, 0.717) is 51.9 Å². The third kappa shape index (κ3) is 20.3. The minimum absolute atomic E-state index is 0.0519. The highest BCUT2D eigenvalue weighted by molar-refractivity contribution is 5.74. The van der Waals surface area contributed by atoms with Gasteiger partial charge in [-0.05, 0) is 165 Å². The van der Waals surface area contributed by atoms with Gasteiger partial charge in [-0.3, -0.25) is 19.4 Å². The number of aliphatic hydroxyl groups excluding tert-OH is 6. The minimum Gasteiger partial charge on any atom is -0.459 e. The van der Waals surface area contributed by atoms with Gasteiger partial charge in [0, 0.05) is 89.0 Å². The average molecular weight is 1650 g/mol. The number of piperazine rings is 1. The quantitative estimate of drug-likeness (QED) is 0.0461. The minimum atomic E-state index is -1.82. The number of likely N-dealkylation sites (tertiary alicyclic amines) is 1. The molecule has 38 atom stereocenters. The van der Waals surface area contributed by atoms with Crippen molar-refractivity contribution < 1.29 is 126 Å². The first kappa shape index (κ1) is 94.8. The molecule has 0 aliphatic carbocycles. The highest BCUT2D eigenvalue weighted by atomic mass is 16.7. The highest BCUT2D eigenvalue weighted by Gasteiger charge is 2.63. The molecule has 29 heteroatoms. The van der Waals surface area contributed by atoms with E-state index < -0.39 is 204 Å². The molecule has 10 aliphatic heterocycles. The molecule has 14 unspecified atom stereocenters. The van der Waals surface area contributed by atoms with Gasteiger partial charge in [-0.2, -0.15) is 0 Å². The Kier molecular flexibility index (Phi) is 31.7. The molecule has 0 spiro atoms. The number of fused-ring (bicyclic) bond motifs is 4. The van der Waals surface area contributed by atoms with Crippen molar-refractivity contribution in [2.45, 2.75) is 396 Å². The maximum Gasteiger partial charge on any atom is 0.410 e. The van der Waals surface area contributed by atoms with Gasteiger partial charge >= 0.3 is 18.0 Å². The van der Waals surface area contributed by atoms with Crippen molar-refractivity contribution in [1.82, 2.24) is 14.7 Å². The van der Waals surface area contributed by atoms with E-state index in [1.54, 1.807) is 67.4 Å². The largest absolute Gasteiger partial charge is 0.459 e. The topological polar surface area (TPSA) is 361 Å². The van der Waals surface area contributed by atoms with Crippen LogP contribution in [0.3, 0.4) is 0 Å². The number of ether oxygens (including phenoxy) is 15. The SMILES string of the molecule is CC[C@@H](O)[C@@](C)(O)[C@@H]1OC(=O)[C@H](C)[C@@H](O[C@H]2CC(C)(OC)[C@@H](O)C(C)O2)[C@H](C)[C@@H](O[C@@H]2OC(C)CC(N3CCCCC3)C2O)[C@]2(C)CC(C)C(O2)[C@@H]1C.CC[C@@H](O)[C@@](C)(O)[C@@H]1OC(=O)[C@H](C)[C@@H](O[C@H]2CC(C)(OC)[C@@H](O)C(C)O2)[C@H](C)[C@@H](O[C@@H]2OC(C)CC(N3CCN(C(=O)OCc4ccccc4)CC3)C2O)[C@]2(C)CC(C)C(O2)[C@@H]1C. The van der Waals surface area contributed by atoms with E-state index in [1.807, 2.05) is 85.7 Å². The number of amides is 1. The molecular formula is C87H147N3O26. The van der Waals surface area contributed by atoms with Crippen molar-refractivity contribution in [2.24, 2.45) is 47.3 Å². The van der Waals surface area contributed by atoms with Crippen LogP contribution < -0.4 is 0 Å². The van der Waals surface area contributed by atoms with E-state index in [9.17, 15) is 55.2 Å². The van der Waals surface area contributed by atoms with Crippen LogP contribution in [0.5, 0.6) is 0 Å². The van der Waals surface area contributed by atoms with Gasteiger partial charge in [0.05, 0.1) is 107 Å². The number of hydrogen-bond donors (Lipinski definition) is 8. The Bertz CT molecular complexity index is 3300. The molecule has 4 bridgehead atoms. The molecule has 1 amide bonds. The summed E-state index contributed by atoms with van der Waals surface area (Å²) in [7, 11) is 3.07. The number of carbonyl (C=O) groups excluding carboxylic acids is 3. The molecule has 29 nitrogen and oxygen atoms in total. The van der Waals surface area contributed by atoms with E-state index in [-0.39, 0.29) is 74.5 Å². The Morgan fingerprint density at radius 3 is 1.30 bits per heavy atom. The van der Waals surface area contributed by atoms with Crippen LogP contribution in [0.2, 0.25) is 0 Å². The summed E-state index contributed by atoms with van der Waals surface area (Å²) in [6.45, 7) is 40.7. The zero-order valence-electron chi connectivity index (χ0n) is 73.4. The van der Waals surface area contributed by atoms with Crippen molar-refractivity contribution in [3.8, 4) is 0 Å². The van der Waals surface area contributed by atoms with Crippen LogP contribution in [0.1, 0.15) is 215 Å². The van der Waals surface area contributed by atoms with Crippen LogP contribution >= 0.6 is 0 Å². The molecule has 116 heavy (non-hydrogen) atoms. The second-order valence-electron chi connectivity index (χ2n) is 37.7. The van der Waals surface area contributed by atoms with Gasteiger partial charge in [0.2, 0.25) is 0 Å². The monoisotopic (exact) mass is 1650 g/mol. The summed E-state index contributed by atoms with van der Waals surface area (Å²) in [5, 5.41) is 92.1. The molecule has 8 N–H and O–H groups in total. The number of carbonyl (C=O) groups is 3. The predicted molar refractivity (Wildman–Crippen MR) is 426 cm³/mol. The number of methoxy groups -OCH3 is 2. The first-order valence-corrected chi connectivity index (χ1v) is 43.5. The zero-order valence-corrected chi connectivity index (χ0v) is 73.4. The molecule has 11 rings (SSSR count). The first-order chi connectivity index (χ1) is 54.4. The van der Waals surface area contributed by atoms with Gasteiger partial charge in [0.1, 0.15) is 54.4 Å². The summed E-state index contributed by atoms with van der Waals surface area (Å²) in [6.07, 6.45) is -12.4. The standard InChI is InChI=1S/C47H76N2O14.C40H71NO12/c1-12-34(50)47(10,55)41-28(4)37-26(2)23-46(9,63-37)40(29(5)38(30(6)42(53)61-41)60-35-24-45(8,56-11)39(52)31(7)59-35)62-43-36(51)33(22-27(3)58-43)48-18-20-49(21-19-48)44(54)57-25-32-16-14-13-15-17-32;1-12-28(42)40(10,46)35-23(4)31-21(2)19-39(9,53-31)34(52-37-30(43)27(18-22(3)48-37)41-16-14-13-15-17-41)24(5)32(25(6)36(45)51-35)50-29-20-38(8,47-11)33(44)26(7)49-29/h13-17,26-31,33-41,43,50-52,55H,12,18-25H2,1-11H3;21-35,37,42-44,46H,12-20H2,1-11H3/t26?,27?,28-,29-,30+,31?,33?,34+,35-,36?,37?,38-,39-,40+,41+,43-,45?,46-,47+;21?,22?,23-,24-,25+,26?,27?,28+,29-,30?,31?,32-,33-,34+,35+,37-,38?,39-,40+/m00/s1. The maximum absolute atomic E-state index is 14.5. The lowest BCUT2D eigenvalue weighted by molar-refractivity contribution is -0.319. The van der Waals surface area contributed by atoms with Crippen molar-refractivity contribution >= 4 is 18.0 Å². The number of hydrogen-bond acceptors (Lipinski definition) is 28. The molecule has 1 aromatic carbocycles. The van der Waals surface area contributed by atoms with Crippen LogP contribution in [-0.2, 0) is 87.2 Å². The van der Waals surface area contributed by atoms with Crippen molar-refractivity contribution in [3.63, 3.8) is 0 Å². The van der Waals surface area contributed by atoms with Gasteiger partial charge < -0.3 is 117 Å². The second kappa shape index (κ2) is 38.8. The van der Waals surface area contributed by atoms with Gasteiger partial charge in [-0.1, -0.05) is 92.1 Å². The number of piperidine rings is 1. The van der Waals surface area contributed by atoms with Crippen LogP contribution in [0.15, 0.2) is 30.3 Å². The number of benzene rings is 1. The van der Waals surface area contributed by atoms with Gasteiger partial charge in [0.15, 0.2) is 25.2 Å². The van der Waals surface area contributed by atoms with Crippen LogP contribution in [-0.4, -0.2) is 308 Å². The summed E-state index contributed by atoms with van der Waals surface area (Å²) in [5.74, 6) is -5.56. The third-order valence-corrected chi connectivity index (χ3v) is 28.5. The Hall–Kier alpha value is -3.45. The Balaban J connectivity index is 0.000000249. The molecule has 10 heterocycles. The van der Waals surface area contributed by atoms with Crippen LogP contribution in [0.4, 0.5) is 4.79 Å². The van der Waals surface area contributed by atoms with E-state index in [2.05, 4.69) is 23.6 Å². The van der Waals surface area contributed by atoms with Gasteiger partial charge in [-0.25, -0.2) is 4.79 Å². The highest BCUT2D eigenvalue weighted by Crippen LogP contribution is 2.52. The maximum atomic E-state index is 14.5. The third-order valence-electron chi connectivity index (χ3n) is 28.5. The fourth-order valence-corrected chi connectivity index (χ4v) is 21.4. The Morgan fingerprint density at radius 2 is 0.922 bits per heavy atom. The van der Waals surface area contributed by atoms with Gasteiger partial charge in [0.25, 0.3) is 0 Å². The molecule has 0 saturated carbocycles. The number of nitrogens with zero attached hydrogens (tertiary/aromatic N) is 3. The number of cyclic esters (lactones) is 2. The fraction of sp³-hybridized carbons (Fsp3) is 0.897. The summed E-state index contributed by atoms with van der Waals surface area (Å²) >= 11 is 0. The first-order valence-electron chi connectivity index (χ1n) is 43.5. The van der Waals surface area contributed by atoms with Crippen molar-refractivity contribution in [1.29, 1.82) is 0 Å². The van der Waals surface area contributed by atoms with E-state index in [0.717, 1.165) is 31.5 Å². The summed E-state index contributed by atoms with van der Waals surface area (Å²) in [4.78, 5) is 48.1. The average Bonchev–Trinajstić information content (AvgIpc) is 1.58. The molecule has 0 radical (unpaired) electrons. The molecule has 0 aromatic heterocycles. The lowest BCUT2D eigenvalue weighted by Crippen LogP contribution is -2.62. The fourth-order valence-electron chi connectivity index (χ4n) is 21.4. The molecular weight excluding hydrogens is 1500 g/mol. The predicted octanol–water partition coefficient (Wildman–Crippen LogP) is 7.56. The van der Waals surface area contributed by atoms with Crippen LogP contribution in [0, 0.1) is 47.3 Å². The van der Waals surface area contributed by atoms with Crippen molar-refractivity contribution in [2.75, 3.05) is 53.5 Å². The van der Waals surface area contributed by atoms with Crippen LogP contribution in [0.25, 0.3) is 0 Å². The van der Waals surface area contributed by atoms with E-state index >= 15 is 0 Å². The number of rotatable bonds is 20. The Labute approximate surface area is 689 Å². The summed E-state index contributed by atoms with van der Waals surface area (Å²) in [6, 6.07) is 9.07. The molecule has 10 saturated heterocycles. The van der Waals surface area contributed by atoms with Gasteiger partial charge in [-0.15, -0.1) is 0 Å². The lowest BCUT2D eigenvalue weighted by Gasteiger charge is -2.49. The number of aliphatic hydroxyl groups is 8. The zero-order chi connectivity index (χ0) is 85.4.